The van der Waals surface area contributed by atoms with Crippen LogP contribution in [0.4, 0.5) is 10.5 Å². The molecule has 2 rings (SSSR count). The molecule has 2 aromatic rings. The van der Waals surface area contributed by atoms with Crippen LogP contribution in [0.15, 0.2) is 36.4 Å². The minimum atomic E-state index is -1.01. The highest BCUT2D eigenvalue weighted by Crippen LogP contribution is 2.24. The van der Waals surface area contributed by atoms with Crippen LogP contribution in [0.3, 0.4) is 0 Å². The van der Waals surface area contributed by atoms with Crippen molar-refractivity contribution in [1.82, 2.24) is 0 Å². The molecular weight excluding hydrogens is 234 g/mol. The van der Waals surface area contributed by atoms with Gasteiger partial charge in [0, 0.05) is 5.39 Å². The van der Waals surface area contributed by atoms with Crippen molar-refractivity contribution < 1.29 is 19.4 Å². The second-order valence-electron chi connectivity index (χ2n) is 3.66. The second kappa shape index (κ2) is 4.75. The number of fused-ring (bicyclic) bond motifs is 1. The molecule has 0 unspecified atom stereocenters. The summed E-state index contributed by atoms with van der Waals surface area (Å²) in [6.07, 6.45) is -0.594. The van der Waals surface area contributed by atoms with Gasteiger partial charge in [0.05, 0.1) is 18.4 Å². The Kier molecular flexibility index (Phi) is 3.14. The van der Waals surface area contributed by atoms with Crippen LogP contribution in [-0.4, -0.2) is 24.3 Å². The van der Waals surface area contributed by atoms with E-state index in [0.29, 0.717) is 11.1 Å². The zero-order valence-electron chi connectivity index (χ0n) is 9.64. The fourth-order valence-electron chi connectivity index (χ4n) is 1.68. The maximum atomic E-state index is 11.2. The summed E-state index contributed by atoms with van der Waals surface area (Å²) in [5.41, 5.74) is 0.684. The molecule has 1 amide bonds. The highest BCUT2D eigenvalue weighted by Gasteiger charge is 2.08. The molecule has 0 aliphatic rings. The van der Waals surface area contributed by atoms with E-state index in [1.54, 1.807) is 18.2 Å². The van der Waals surface area contributed by atoms with Gasteiger partial charge in [-0.1, -0.05) is 18.2 Å². The zero-order valence-corrected chi connectivity index (χ0v) is 9.64. The maximum Gasteiger partial charge on any atom is 0.411 e. The number of carboxylic acids is 1. The number of amides is 1. The molecule has 0 bridgehead atoms. The lowest BCUT2D eigenvalue weighted by atomic mass is 10.1. The summed E-state index contributed by atoms with van der Waals surface area (Å²) < 4.78 is 4.51. The molecular formula is C13H11NO4. The summed E-state index contributed by atoms with van der Waals surface area (Å²) in [6, 6.07) is 10.0. The van der Waals surface area contributed by atoms with E-state index in [2.05, 4.69) is 10.1 Å². The van der Waals surface area contributed by atoms with E-state index in [1.807, 2.05) is 6.07 Å². The standard InChI is InChI=1S/C13H11NO4/c1-18-13(17)14-11-4-2-3-8-5-6-9(12(15)16)7-10(8)11/h2-7H,1H3,(H,14,17)(H,15,16). The molecule has 18 heavy (non-hydrogen) atoms. The van der Waals surface area contributed by atoms with Gasteiger partial charge < -0.3 is 9.84 Å². The minimum Gasteiger partial charge on any atom is -0.478 e. The summed E-state index contributed by atoms with van der Waals surface area (Å²) in [4.78, 5) is 22.1. The third-order valence-corrected chi connectivity index (χ3v) is 2.55. The topological polar surface area (TPSA) is 75.6 Å². The molecule has 0 atom stereocenters. The molecule has 0 spiro atoms. The smallest absolute Gasteiger partial charge is 0.411 e. The van der Waals surface area contributed by atoms with Crippen molar-refractivity contribution >= 4 is 28.5 Å². The number of rotatable bonds is 2. The number of aromatic carboxylic acids is 1. The monoisotopic (exact) mass is 245 g/mol. The molecule has 0 aromatic heterocycles. The van der Waals surface area contributed by atoms with Gasteiger partial charge in [-0.3, -0.25) is 5.32 Å². The highest BCUT2D eigenvalue weighted by atomic mass is 16.5. The SMILES string of the molecule is COC(=O)Nc1cccc2ccc(C(=O)O)cc12. The molecule has 5 heteroatoms. The van der Waals surface area contributed by atoms with Crippen molar-refractivity contribution in [3.8, 4) is 0 Å². The van der Waals surface area contributed by atoms with E-state index < -0.39 is 12.1 Å². The molecule has 0 aliphatic heterocycles. The zero-order chi connectivity index (χ0) is 13.1. The number of carboxylic acid groups (broad SMARTS) is 1. The molecule has 92 valence electrons. The summed E-state index contributed by atoms with van der Waals surface area (Å²) in [6.45, 7) is 0. The summed E-state index contributed by atoms with van der Waals surface area (Å²) >= 11 is 0. The van der Waals surface area contributed by atoms with E-state index in [0.717, 1.165) is 5.39 Å². The van der Waals surface area contributed by atoms with Gasteiger partial charge in [0.25, 0.3) is 0 Å². The van der Waals surface area contributed by atoms with Crippen LogP contribution in [-0.2, 0) is 4.74 Å². The number of ether oxygens (including phenoxy) is 1. The van der Waals surface area contributed by atoms with Crippen LogP contribution in [0.2, 0.25) is 0 Å². The first-order valence-electron chi connectivity index (χ1n) is 5.23. The first-order chi connectivity index (χ1) is 8.61. The van der Waals surface area contributed by atoms with Crippen LogP contribution in [0.25, 0.3) is 10.8 Å². The van der Waals surface area contributed by atoms with E-state index in [1.165, 1.54) is 19.2 Å². The number of hydrogen-bond donors (Lipinski definition) is 2. The first-order valence-corrected chi connectivity index (χ1v) is 5.23. The summed E-state index contributed by atoms with van der Waals surface area (Å²) in [5, 5.41) is 13.0. The van der Waals surface area contributed by atoms with Crippen molar-refractivity contribution in [3.05, 3.63) is 42.0 Å². The third kappa shape index (κ3) is 2.24. The van der Waals surface area contributed by atoms with E-state index in [-0.39, 0.29) is 5.56 Å². The fourth-order valence-corrected chi connectivity index (χ4v) is 1.68. The maximum absolute atomic E-state index is 11.2. The van der Waals surface area contributed by atoms with Crippen molar-refractivity contribution in [3.63, 3.8) is 0 Å². The van der Waals surface area contributed by atoms with Crippen LogP contribution in [0, 0.1) is 0 Å². The summed E-state index contributed by atoms with van der Waals surface area (Å²) in [7, 11) is 1.27. The Morgan fingerprint density at radius 2 is 2.00 bits per heavy atom. The molecule has 0 aliphatic carbocycles. The number of carbonyl (C=O) groups is 2. The molecule has 2 N–H and O–H groups in total. The normalized spacial score (nSPS) is 10.1. The number of benzene rings is 2. The number of anilines is 1. The Morgan fingerprint density at radius 3 is 2.67 bits per heavy atom. The predicted octanol–water partition coefficient (Wildman–Crippen LogP) is 2.72. The van der Waals surface area contributed by atoms with Gasteiger partial charge in [0.15, 0.2) is 0 Å². The minimum absolute atomic E-state index is 0.168. The van der Waals surface area contributed by atoms with Gasteiger partial charge in [-0.05, 0) is 23.6 Å². The second-order valence-corrected chi connectivity index (χ2v) is 3.66. The van der Waals surface area contributed by atoms with Gasteiger partial charge in [0.1, 0.15) is 0 Å². The number of carbonyl (C=O) groups excluding carboxylic acids is 1. The summed E-state index contributed by atoms with van der Waals surface area (Å²) in [5.74, 6) is -1.01. The van der Waals surface area contributed by atoms with E-state index in [9.17, 15) is 9.59 Å². The largest absolute Gasteiger partial charge is 0.478 e. The molecule has 0 fully saturated rings. The fraction of sp³-hybridized carbons (Fsp3) is 0.0769. The Bertz CT molecular complexity index is 621. The van der Waals surface area contributed by atoms with Crippen LogP contribution in [0.1, 0.15) is 10.4 Å². The lowest BCUT2D eigenvalue weighted by Gasteiger charge is -2.08. The predicted molar refractivity (Wildman–Crippen MR) is 66.9 cm³/mol. The van der Waals surface area contributed by atoms with Crippen molar-refractivity contribution in [2.75, 3.05) is 12.4 Å². The number of hydrogen-bond acceptors (Lipinski definition) is 3. The van der Waals surface area contributed by atoms with Crippen LogP contribution in [0.5, 0.6) is 0 Å². The Labute approximate surface area is 103 Å². The lowest BCUT2D eigenvalue weighted by molar-refractivity contribution is 0.0697. The van der Waals surface area contributed by atoms with Crippen molar-refractivity contribution in [2.45, 2.75) is 0 Å². The van der Waals surface area contributed by atoms with Crippen molar-refractivity contribution in [1.29, 1.82) is 0 Å². The molecule has 0 heterocycles. The van der Waals surface area contributed by atoms with Crippen molar-refractivity contribution in [2.24, 2.45) is 0 Å². The quantitative estimate of drug-likeness (QED) is 0.852. The van der Waals surface area contributed by atoms with Gasteiger partial charge in [0.2, 0.25) is 0 Å². The average molecular weight is 245 g/mol. The first kappa shape index (κ1) is 11.9. The molecule has 5 nitrogen and oxygen atoms in total. The lowest BCUT2D eigenvalue weighted by Crippen LogP contribution is -2.11. The average Bonchev–Trinajstić information content (AvgIpc) is 2.38. The molecule has 2 aromatic carbocycles. The number of nitrogens with one attached hydrogen (secondary N) is 1. The van der Waals surface area contributed by atoms with Gasteiger partial charge in [-0.15, -0.1) is 0 Å². The molecule has 0 saturated carbocycles. The van der Waals surface area contributed by atoms with Gasteiger partial charge >= 0.3 is 12.1 Å². The van der Waals surface area contributed by atoms with Gasteiger partial charge in [-0.25, -0.2) is 9.59 Å². The van der Waals surface area contributed by atoms with E-state index in [4.69, 9.17) is 5.11 Å². The Morgan fingerprint density at radius 1 is 1.22 bits per heavy atom. The van der Waals surface area contributed by atoms with Gasteiger partial charge in [-0.2, -0.15) is 0 Å². The number of methoxy groups -OCH3 is 1. The molecule has 0 radical (unpaired) electrons. The third-order valence-electron chi connectivity index (χ3n) is 2.55. The van der Waals surface area contributed by atoms with Crippen LogP contribution >= 0.6 is 0 Å². The Hall–Kier alpha value is -2.56. The van der Waals surface area contributed by atoms with Crippen LogP contribution < -0.4 is 5.32 Å². The molecule has 0 saturated heterocycles. The van der Waals surface area contributed by atoms with E-state index >= 15 is 0 Å². The Balaban J connectivity index is 2.55. The highest BCUT2D eigenvalue weighted by molar-refractivity contribution is 6.03.